The van der Waals surface area contributed by atoms with E-state index in [4.69, 9.17) is 16.3 Å². The van der Waals surface area contributed by atoms with Gasteiger partial charge in [0.25, 0.3) is 5.91 Å². The van der Waals surface area contributed by atoms with Gasteiger partial charge in [-0.25, -0.2) is 0 Å². The number of hydrogen-bond acceptors (Lipinski definition) is 5. The molecule has 0 aliphatic rings. The molecule has 2 heterocycles. The number of halogens is 1. The van der Waals surface area contributed by atoms with Gasteiger partial charge in [-0.15, -0.1) is 11.3 Å². The molecule has 0 aliphatic heterocycles. The van der Waals surface area contributed by atoms with Gasteiger partial charge in [-0.05, 0) is 31.2 Å². The van der Waals surface area contributed by atoms with Crippen LogP contribution in [0.1, 0.15) is 11.8 Å². The van der Waals surface area contributed by atoms with E-state index in [2.05, 4.69) is 4.99 Å². The number of benzene rings is 1. The van der Waals surface area contributed by atoms with Crippen molar-refractivity contribution < 1.29 is 14.3 Å². The van der Waals surface area contributed by atoms with E-state index in [9.17, 15) is 9.59 Å². The summed E-state index contributed by atoms with van der Waals surface area (Å²) in [7, 11) is 0. The summed E-state index contributed by atoms with van der Waals surface area (Å²) in [5.74, 6) is -0.632. The summed E-state index contributed by atoms with van der Waals surface area (Å²) in [6, 6.07) is 11.2. The van der Waals surface area contributed by atoms with Crippen LogP contribution in [-0.2, 0) is 27.3 Å². The van der Waals surface area contributed by atoms with Crippen molar-refractivity contribution in [2.24, 2.45) is 4.99 Å². The normalized spacial score (nSPS) is 11.8. The van der Waals surface area contributed by atoms with Crippen molar-refractivity contribution in [3.63, 3.8) is 0 Å². The van der Waals surface area contributed by atoms with Gasteiger partial charge < -0.3 is 9.30 Å². The summed E-state index contributed by atoms with van der Waals surface area (Å²) < 4.78 is 8.34. The van der Waals surface area contributed by atoms with Crippen molar-refractivity contribution in [1.82, 2.24) is 4.57 Å². The first kappa shape index (κ1) is 17.8. The number of carbonyl (C=O) groups excluding carboxylic acids is 2. The second-order valence-corrected chi connectivity index (χ2v) is 7.94. The average molecular weight is 395 g/mol. The van der Waals surface area contributed by atoms with Crippen molar-refractivity contribution in [3.8, 4) is 0 Å². The molecule has 3 aromatic rings. The molecule has 0 bridgehead atoms. The molecule has 0 saturated carbocycles. The van der Waals surface area contributed by atoms with Crippen molar-refractivity contribution in [2.45, 2.75) is 19.9 Å². The lowest BCUT2D eigenvalue weighted by Crippen LogP contribution is -2.23. The number of carbonyl (C=O) groups is 2. The van der Waals surface area contributed by atoms with Gasteiger partial charge in [0.1, 0.15) is 6.54 Å². The maximum Gasteiger partial charge on any atom is 0.326 e. The zero-order valence-electron chi connectivity index (χ0n) is 13.4. The fourth-order valence-corrected chi connectivity index (χ4v) is 4.46. The Morgan fingerprint density at radius 2 is 2.00 bits per heavy atom. The number of esters is 1. The third-order valence-corrected chi connectivity index (χ3v) is 5.65. The first-order chi connectivity index (χ1) is 12.1. The van der Waals surface area contributed by atoms with Gasteiger partial charge in [0.2, 0.25) is 0 Å². The molecule has 130 valence electrons. The number of rotatable bonds is 5. The first-order valence-corrected chi connectivity index (χ1v) is 9.63. The minimum Gasteiger partial charge on any atom is -0.465 e. The molecule has 0 radical (unpaired) electrons. The van der Waals surface area contributed by atoms with Crippen molar-refractivity contribution >= 4 is 56.4 Å². The van der Waals surface area contributed by atoms with E-state index < -0.39 is 0 Å². The fourth-order valence-electron chi connectivity index (χ4n) is 2.34. The SMILES string of the molecule is CCOC(=O)Cn1c(=NC(=O)Cc2ccc(Cl)s2)sc2ccccc21. The van der Waals surface area contributed by atoms with Crippen LogP contribution in [0.2, 0.25) is 4.34 Å². The molecule has 25 heavy (non-hydrogen) atoms. The lowest BCUT2D eigenvalue weighted by atomic mass is 10.3. The third-order valence-electron chi connectivity index (χ3n) is 3.36. The van der Waals surface area contributed by atoms with Crippen LogP contribution >= 0.6 is 34.3 Å². The Labute approximate surface area is 157 Å². The van der Waals surface area contributed by atoms with Crippen molar-refractivity contribution in [1.29, 1.82) is 0 Å². The number of thiazole rings is 1. The Morgan fingerprint density at radius 1 is 1.20 bits per heavy atom. The van der Waals surface area contributed by atoms with Crippen LogP contribution in [0, 0.1) is 0 Å². The zero-order valence-corrected chi connectivity index (χ0v) is 15.8. The molecule has 0 saturated heterocycles. The molecule has 1 amide bonds. The van der Waals surface area contributed by atoms with Crippen molar-refractivity contribution in [3.05, 3.63) is 50.4 Å². The van der Waals surface area contributed by atoms with Crippen LogP contribution in [0.25, 0.3) is 10.2 Å². The standard InChI is InChI=1S/C17H15ClN2O3S2/c1-2-23-16(22)10-20-12-5-3-4-6-13(12)25-17(20)19-15(21)9-11-7-8-14(18)24-11/h3-8H,2,9-10H2,1H3. The average Bonchev–Trinajstić information content (AvgIpc) is 3.12. The summed E-state index contributed by atoms with van der Waals surface area (Å²) in [6.45, 7) is 2.09. The van der Waals surface area contributed by atoms with Gasteiger partial charge in [0.15, 0.2) is 4.80 Å². The summed E-state index contributed by atoms with van der Waals surface area (Å²) >= 11 is 8.63. The fraction of sp³-hybridized carbons (Fsp3) is 0.235. The first-order valence-electron chi connectivity index (χ1n) is 7.62. The highest BCUT2D eigenvalue weighted by molar-refractivity contribution is 7.16. The molecular formula is C17H15ClN2O3S2. The van der Waals surface area contributed by atoms with E-state index in [1.807, 2.05) is 30.3 Å². The number of ether oxygens (including phenoxy) is 1. The zero-order chi connectivity index (χ0) is 17.8. The number of para-hydroxylation sites is 1. The molecule has 0 fully saturated rings. The monoisotopic (exact) mass is 394 g/mol. The van der Waals surface area contributed by atoms with Gasteiger partial charge in [0, 0.05) is 4.88 Å². The third kappa shape index (κ3) is 4.36. The van der Waals surface area contributed by atoms with Crippen LogP contribution in [-0.4, -0.2) is 23.1 Å². The molecule has 8 heteroatoms. The molecule has 3 rings (SSSR count). The van der Waals surface area contributed by atoms with E-state index in [0.717, 1.165) is 15.1 Å². The highest BCUT2D eigenvalue weighted by atomic mass is 35.5. The van der Waals surface area contributed by atoms with Gasteiger partial charge in [-0.1, -0.05) is 35.1 Å². The molecule has 1 aromatic carbocycles. The Hall–Kier alpha value is -1.96. The Bertz CT molecular complexity index is 987. The number of fused-ring (bicyclic) bond motifs is 1. The molecule has 2 aromatic heterocycles. The summed E-state index contributed by atoms with van der Waals surface area (Å²) in [4.78, 5) is 29.8. The molecule has 0 N–H and O–H groups in total. The van der Waals surface area contributed by atoms with Gasteiger partial charge in [-0.3, -0.25) is 9.59 Å². The number of thiophene rings is 1. The Balaban J connectivity index is 1.96. The highest BCUT2D eigenvalue weighted by Gasteiger charge is 2.12. The van der Waals surface area contributed by atoms with Gasteiger partial charge >= 0.3 is 5.97 Å². The van der Waals surface area contributed by atoms with Crippen LogP contribution in [0.15, 0.2) is 41.4 Å². The van der Waals surface area contributed by atoms with E-state index >= 15 is 0 Å². The summed E-state index contributed by atoms with van der Waals surface area (Å²) in [5, 5.41) is 0. The smallest absolute Gasteiger partial charge is 0.326 e. The Morgan fingerprint density at radius 3 is 2.72 bits per heavy atom. The lowest BCUT2D eigenvalue weighted by molar-refractivity contribution is -0.143. The predicted molar refractivity (Wildman–Crippen MR) is 100 cm³/mol. The molecule has 0 spiro atoms. The number of hydrogen-bond donors (Lipinski definition) is 0. The highest BCUT2D eigenvalue weighted by Crippen LogP contribution is 2.22. The van der Waals surface area contributed by atoms with Crippen LogP contribution in [0.3, 0.4) is 0 Å². The van der Waals surface area contributed by atoms with Crippen molar-refractivity contribution in [2.75, 3.05) is 6.61 Å². The number of amides is 1. The van der Waals surface area contributed by atoms with Gasteiger partial charge in [-0.2, -0.15) is 4.99 Å². The second kappa shape index (κ2) is 7.95. The quantitative estimate of drug-likeness (QED) is 0.620. The number of nitrogens with zero attached hydrogens (tertiary/aromatic N) is 2. The van der Waals surface area contributed by atoms with E-state index in [-0.39, 0.29) is 24.8 Å². The minimum atomic E-state index is -0.356. The van der Waals surface area contributed by atoms with Crippen LogP contribution in [0.4, 0.5) is 0 Å². The lowest BCUT2D eigenvalue weighted by Gasteiger charge is -2.04. The van der Waals surface area contributed by atoms with E-state index in [1.54, 1.807) is 17.6 Å². The minimum absolute atomic E-state index is 0.0226. The second-order valence-electron chi connectivity index (χ2n) is 5.13. The summed E-state index contributed by atoms with van der Waals surface area (Å²) in [6.07, 6.45) is 0.186. The molecule has 0 atom stereocenters. The van der Waals surface area contributed by atoms with Gasteiger partial charge in [0.05, 0.1) is 27.6 Å². The predicted octanol–water partition coefficient (Wildman–Crippen LogP) is 3.65. The largest absolute Gasteiger partial charge is 0.465 e. The topological polar surface area (TPSA) is 60.7 Å². The maximum absolute atomic E-state index is 12.3. The molecule has 0 unspecified atom stereocenters. The molecule has 5 nitrogen and oxygen atoms in total. The maximum atomic E-state index is 12.3. The molecular weight excluding hydrogens is 380 g/mol. The van der Waals surface area contributed by atoms with E-state index in [1.165, 1.54) is 22.7 Å². The molecule has 0 aliphatic carbocycles. The van der Waals surface area contributed by atoms with Crippen LogP contribution in [0.5, 0.6) is 0 Å². The van der Waals surface area contributed by atoms with Crippen LogP contribution < -0.4 is 4.80 Å². The Kier molecular flexibility index (Phi) is 5.67. The van der Waals surface area contributed by atoms with E-state index in [0.29, 0.717) is 15.7 Å². The number of aromatic nitrogens is 1. The summed E-state index contributed by atoms with van der Waals surface area (Å²) in [5.41, 5.74) is 0.853.